The van der Waals surface area contributed by atoms with Crippen molar-refractivity contribution in [2.75, 3.05) is 13.2 Å². The molecule has 1 saturated carbocycles. The van der Waals surface area contributed by atoms with Gasteiger partial charge in [0.15, 0.2) is 0 Å². The summed E-state index contributed by atoms with van der Waals surface area (Å²) >= 11 is 3.71. The molecule has 1 aliphatic carbocycles. The molecule has 0 amide bonds. The Kier molecular flexibility index (Phi) is 5.07. The minimum Gasteiger partial charge on any atom is -0.379 e. The predicted octanol–water partition coefficient (Wildman–Crippen LogP) is 3.38. The lowest BCUT2D eigenvalue weighted by molar-refractivity contribution is -0.140. The molecule has 90 valence electrons. The van der Waals surface area contributed by atoms with Gasteiger partial charge in [0.1, 0.15) is 0 Å². The molecular weight excluding hydrogens is 256 g/mol. The Balaban J connectivity index is 2.33. The molecule has 2 nitrogen and oxygen atoms in total. The first-order chi connectivity index (χ1) is 7.04. The number of alkyl halides is 1. The number of hydrogen-bond acceptors (Lipinski definition) is 2. The van der Waals surface area contributed by atoms with Crippen LogP contribution in [0.5, 0.6) is 0 Å². The van der Waals surface area contributed by atoms with Crippen molar-refractivity contribution in [3.05, 3.63) is 0 Å². The minimum atomic E-state index is 0.209. The molecule has 0 aromatic heterocycles. The van der Waals surface area contributed by atoms with E-state index in [0.29, 0.717) is 23.0 Å². The number of hydrogen-bond donors (Lipinski definition) is 0. The van der Waals surface area contributed by atoms with E-state index < -0.39 is 0 Å². The molecule has 0 aromatic carbocycles. The lowest BCUT2D eigenvalue weighted by Gasteiger charge is -2.51. The van der Waals surface area contributed by atoms with Gasteiger partial charge in [0.25, 0.3) is 0 Å². The standard InChI is InChI=1S/C12H23BrO2/c1-5-12(4)10(13)7-11(12)15-9(3)8-14-6-2/h9-11H,5-8H2,1-4H3. The van der Waals surface area contributed by atoms with Gasteiger partial charge in [-0.2, -0.15) is 0 Å². The van der Waals surface area contributed by atoms with Crippen molar-refractivity contribution in [3.8, 4) is 0 Å². The van der Waals surface area contributed by atoms with Gasteiger partial charge in [-0.25, -0.2) is 0 Å². The second-order valence-electron chi connectivity index (χ2n) is 4.66. The molecule has 4 unspecified atom stereocenters. The van der Waals surface area contributed by atoms with Crippen LogP contribution in [0.3, 0.4) is 0 Å². The van der Waals surface area contributed by atoms with E-state index in [1.165, 1.54) is 0 Å². The Morgan fingerprint density at radius 3 is 2.60 bits per heavy atom. The molecule has 3 heteroatoms. The summed E-state index contributed by atoms with van der Waals surface area (Å²) in [5.41, 5.74) is 0.306. The fourth-order valence-corrected chi connectivity index (χ4v) is 2.99. The van der Waals surface area contributed by atoms with E-state index >= 15 is 0 Å². The van der Waals surface area contributed by atoms with Crippen molar-refractivity contribution in [2.24, 2.45) is 5.41 Å². The van der Waals surface area contributed by atoms with Crippen LogP contribution in [-0.4, -0.2) is 30.2 Å². The summed E-state index contributed by atoms with van der Waals surface area (Å²) in [7, 11) is 0. The Bertz CT molecular complexity index is 198. The van der Waals surface area contributed by atoms with Gasteiger partial charge in [0.2, 0.25) is 0 Å². The molecule has 0 radical (unpaired) electrons. The van der Waals surface area contributed by atoms with Crippen molar-refractivity contribution >= 4 is 15.9 Å². The summed E-state index contributed by atoms with van der Waals surface area (Å²) in [4.78, 5) is 0.610. The maximum absolute atomic E-state index is 6.01. The highest BCUT2D eigenvalue weighted by Gasteiger charge is 2.50. The highest BCUT2D eigenvalue weighted by Crippen LogP contribution is 2.50. The third-order valence-electron chi connectivity index (χ3n) is 3.59. The summed E-state index contributed by atoms with van der Waals surface area (Å²) in [6, 6.07) is 0. The molecular formula is C12H23BrO2. The fraction of sp³-hybridized carbons (Fsp3) is 1.00. The SMILES string of the molecule is CCOCC(C)OC1CC(Br)C1(C)CC. The van der Waals surface area contributed by atoms with Crippen LogP contribution < -0.4 is 0 Å². The van der Waals surface area contributed by atoms with Crippen molar-refractivity contribution < 1.29 is 9.47 Å². The van der Waals surface area contributed by atoms with Crippen LogP contribution in [0.4, 0.5) is 0 Å². The maximum Gasteiger partial charge on any atom is 0.0784 e. The second-order valence-corrected chi connectivity index (χ2v) is 5.76. The van der Waals surface area contributed by atoms with E-state index in [9.17, 15) is 0 Å². The molecule has 0 saturated heterocycles. The number of rotatable bonds is 6. The fourth-order valence-electron chi connectivity index (χ4n) is 2.03. The molecule has 0 N–H and O–H groups in total. The molecule has 0 spiro atoms. The van der Waals surface area contributed by atoms with Crippen LogP contribution in [0.2, 0.25) is 0 Å². The minimum absolute atomic E-state index is 0.209. The monoisotopic (exact) mass is 278 g/mol. The van der Waals surface area contributed by atoms with Crippen molar-refractivity contribution in [2.45, 2.75) is 57.6 Å². The molecule has 1 aliphatic rings. The zero-order valence-corrected chi connectivity index (χ0v) is 11.8. The third-order valence-corrected chi connectivity index (χ3v) is 5.01. The molecule has 0 heterocycles. The first-order valence-electron chi connectivity index (χ1n) is 5.91. The quantitative estimate of drug-likeness (QED) is 0.694. The zero-order valence-electron chi connectivity index (χ0n) is 10.3. The molecule has 1 fully saturated rings. The largest absolute Gasteiger partial charge is 0.379 e. The van der Waals surface area contributed by atoms with Crippen LogP contribution in [0.15, 0.2) is 0 Å². The van der Waals surface area contributed by atoms with Gasteiger partial charge >= 0.3 is 0 Å². The molecule has 0 aromatic rings. The van der Waals surface area contributed by atoms with Gasteiger partial charge < -0.3 is 9.47 Å². The number of halogens is 1. The highest BCUT2D eigenvalue weighted by atomic mass is 79.9. The smallest absolute Gasteiger partial charge is 0.0784 e. The second kappa shape index (κ2) is 5.65. The first kappa shape index (κ1) is 13.5. The average Bonchev–Trinajstić information content (AvgIpc) is 2.24. The van der Waals surface area contributed by atoms with Gasteiger partial charge in [-0.15, -0.1) is 0 Å². The summed E-state index contributed by atoms with van der Waals surface area (Å²) in [6.45, 7) is 10.1. The molecule has 0 aliphatic heterocycles. The van der Waals surface area contributed by atoms with Gasteiger partial charge in [-0.3, -0.25) is 0 Å². The zero-order chi connectivity index (χ0) is 11.5. The Morgan fingerprint density at radius 1 is 1.47 bits per heavy atom. The number of ether oxygens (including phenoxy) is 2. The Morgan fingerprint density at radius 2 is 2.13 bits per heavy atom. The average molecular weight is 279 g/mol. The summed E-state index contributed by atoms with van der Waals surface area (Å²) < 4.78 is 11.4. The van der Waals surface area contributed by atoms with Crippen LogP contribution in [-0.2, 0) is 9.47 Å². The lowest BCUT2D eigenvalue weighted by Crippen LogP contribution is -2.54. The van der Waals surface area contributed by atoms with Crippen LogP contribution in [0.1, 0.15) is 40.5 Å². The molecule has 0 bridgehead atoms. The molecule has 15 heavy (non-hydrogen) atoms. The molecule has 1 rings (SSSR count). The van der Waals surface area contributed by atoms with Gasteiger partial charge in [0, 0.05) is 16.8 Å². The van der Waals surface area contributed by atoms with E-state index in [1.54, 1.807) is 0 Å². The summed E-state index contributed by atoms with van der Waals surface area (Å²) in [5.74, 6) is 0. The maximum atomic E-state index is 6.01. The van der Waals surface area contributed by atoms with E-state index in [0.717, 1.165) is 19.4 Å². The van der Waals surface area contributed by atoms with Crippen LogP contribution in [0, 0.1) is 5.41 Å². The van der Waals surface area contributed by atoms with Gasteiger partial charge in [-0.05, 0) is 26.7 Å². The van der Waals surface area contributed by atoms with E-state index in [-0.39, 0.29) is 6.10 Å². The summed E-state index contributed by atoms with van der Waals surface area (Å²) in [6.07, 6.45) is 2.89. The van der Waals surface area contributed by atoms with Crippen molar-refractivity contribution in [3.63, 3.8) is 0 Å². The highest BCUT2D eigenvalue weighted by molar-refractivity contribution is 9.09. The predicted molar refractivity (Wildman–Crippen MR) is 66.6 cm³/mol. The Hall–Kier alpha value is 0.400. The van der Waals surface area contributed by atoms with E-state index in [4.69, 9.17) is 9.47 Å². The van der Waals surface area contributed by atoms with Crippen LogP contribution >= 0.6 is 15.9 Å². The Labute approximate surface area is 102 Å². The normalized spacial score (nSPS) is 37.4. The van der Waals surface area contributed by atoms with Gasteiger partial charge in [-0.1, -0.05) is 29.8 Å². The van der Waals surface area contributed by atoms with Crippen LogP contribution in [0.25, 0.3) is 0 Å². The van der Waals surface area contributed by atoms with E-state index in [1.807, 2.05) is 6.92 Å². The van der Waals surface area contributed by atoms with Crippen molar-refractivity contribution in [1.29, 1.82) is 0 Å². The molecule has 4 atom stereocenters. The third kappa shape index (κ3) is 2.95. The first-order valence-corrected chi connectivity index (χ1v) is 6.83. The van der Waals surface area contributed by atoms with Gasteiger partial charge in [0.05, 0.1) is 18.8 Å². The lowest BCUT2D eigenvalue weighted by atomic mass is 9.65. The van der Waals surface area contributed by atoms with E-state index in [2.05, 4.69) is 36.7 Å². The van der Waals surface area contributed by atoms with Crippen molar-refractivity contribution in [1.82, 2.24) is 0 Å². The summed E-state index contributed by atoms with van der Waals surface area (Å²) in [5, 5.41) is 0. The topological polar surface area (TPSA) is 18.5 Å².